The van der Waals surface area contributed by atoms with E-state index in [1.807, 2.05) is 37.4 Å². The molecular weight excluding hydrogens is 457 g/mol. The molecule has 1 aliphatic rings. The van der Waals surface area contributed by atoms with Crippen LogP contribution in [0.25, 0.3) is 0 Å². The number of rotatable bonds is 7. The molecule has 174 valence electrons. The number of halogens is 1. The van der Waals surface area contributed by atoms with Crippen molar-refractivity contribution in [1.29, 1.82) is 0 Å². The van der Waals surface area contributed by atoms with Gasteiger partial charge >= 0.3 is 0 Å². The average Bonchev–Trinajstić information content (AvgIpc) is 3.55. The van der Waals surface area contributed by atoms with E-state index >= 15 is 0 Å². The molecular formula is C25H22FN3O4S. The predicted molar refractivity (Wildman–Crippen MR) is 126 cm³/mol. The summed E-state index contributed by atoms with van der Waals surface area (Å²) in [5.41, 5.74) is 4.05. The van der Waals surface area contributed by atoms with Crippen LogP contribution in [-0.4, -0.2) is 22.5 Å². The van der Waals surface area contributed by atoms with Gasteiger partial charge in [0, 0.05) is 11.6 Å². The van der Waals surface area contributed by atoms with E-state index in [1.165, 1.54) is 23.5 Å². The van der Waals surface area contributed by atoms with Gasteiger partial charge < -0.3 is 19.5 Å². The molecule has 1 N–H and O–H groups in total. The lowest BCUT2D eigenvalue weighted by Gasteiger charge is -2.07. The quantitative estimate of drug-likeness (QED) is 0.389. The Hall–Kier alpha value is -3.85. The minimum absolute atomic E-state index is 0.202. The second kappa shape index (κ2) is 9.18. The first-order valence-corrected chi connectivity index (χ1v) is 11.5. The third-order valence-electron chi connectivity index (χ3n) is 5.49. The number of nitrogens with zero attached hydrogens (tertiary/aromatic N) is 2. The third-order valence-corrected chi connectivity index (χ3v) is 6.47. The Labute approximate surface area is 199 Å². The SMILES string of the molecule is Cc1nn(Cc2ccc(F)cc2)c(C)c1NC(=O)c1cc(COc2ccc3c(c2)OCO3)cs1. The molecule has 0 bridgehead atoms. The topological polar surface area (TPSA) is 74.6 Å². The van der Waals surface area contributed by atoms with Crippen molar-refractivity contribution < 1.29 is 23.4 Å². The number of hydrogen-bond acceptors (Lipinski definition) is 6. The van der Waals surface area contributed by atoms with Gasteiger partial charge in [0.25, 0.3) is 5.91 Å². The highest BCUT2D eigenvalue weighted by molar-refractivity contribution is 7.12. The van der Waals surface area contributed by atoms with Gasteiger partial charge in [-0.25, -0.2) is 4.39 Å². The number of ether oxygens (including phenoxy) is 3. The van der Waals surface area contributed by atoms with Gasteiger partial charge in [0.1, 0.15) is 18.2 Å². The minimum Gasteiger partial charge on any atom is -0.489 e. The van der Waals surface area contributed by atoms with Gasteiger partial charge in [0.15, 0.2) is 11.5 Å². The van der Waals surface area contributed by atoms with Crippen LogP contribution in [-0.2, 0) is 13.2 Å². The van der Waals surface area contributed by atoms with Gasteiger partial charge in [-0.2, -0.15) is 5.10 Å². The predicted octanol–water partition coefficient (Wildman–Crippen LogP) is 5.31. The molecule has 0 saturated carbocycles. The maximum absolute atomic E-state index is 13.2. The maximum atomic E-state index is 13.2. The summed E-state index contributed by atoms with van der Waals surface area (Å²) in [5, 5.41) is 9.42. The maximum Gasteiger partial charge on any atom is 0.265 e. The Morgan fingerprint density at radius 3 is 2.74 bits per heavy atom. The van der Waals surface area contributed by atoms with Crippen LogP contribution in [0.1, 0.15) is 32.2 Å². The van der Waals surface area contributed by atoms with Crippen LogP contribution < -0.4 is 19.5 Å². The molecule has 3 heterocycles. The first-order valence-electron chi connectivity index (χ1n) is 10.7. The van der Waals surface area contributed by atoms with E-state index in [4.69, 9.17) is 14.2 Å². The van der Waals surface area contributed by atoms with Gasteiger partial charge in [-0.15, -0.1) is 11.3 Å². The Morgan fingerprint density at radius 2 is 1.91 bits per heavy atom. The standard InChI is InChI=1S/C25H22FN3O4S/c1-15-24(16(2)29(28-15)11-17-3-5-19(26)6-4-17)27-25(30)23-9-18(13-34-23)12-31-20-7-8-21-22(10-20)33-14-32-21/h3-10,13H,11-12,14H2,1-2H3,(H,27,30). The summed E-state index contributed by atoms with van der Waals surface area (Å²) in [5.74, 6) is 1.55. The molecule has 5 rings (SSSR count). The van der Waals surface area contributed by atoms with Crippen molar-refractivity contribution in [2.24, 2.45) is 0 Å². The Bertz CT molecular complexity index is 1350. The van der Waals surface area contributed by atoms with Crippen LogP contribution in [0.15, 0.2) is 53.9 Å². The molecule has 0 spiro atoms. The summed E-state index contributed by atoms with van der Waals surface area (Å²) in [6.07, 6.45) is 0. The summed E-state index contributed by atoms with van der Waals surface area (Å²) in [7, 11) is 0. The van der Waals surface area contributed by atoms with E-state index in [0.29, 0.717) is 41.0 Å². The Kier molecular flexibility index (Phi) is 5.93. The zero-order valence-corrected chi connectivity index (χ0v) is 19.4. The lowest BCUT2D eigenvalue weighted by molar-refractivity contribution is 0.103. The lowest BCUT2D eigenvalue weighted by atomic mass is 10.2. The summed E-state index contributed by atoms with van der Waals surface area (Å²) in [6, 6.07) is 13.5. The van der Waals surface area contributed by atoms with E-state index in [-0.39, 0.29) is 18.5 Å². The second-order valence-electron chi connectivity index (χ2n) is 7.91. The van der Waals surface area contributed by atoms with Crippen molar-refractivity contribution in [3.8, 4) is 17.2 Å². The zero-order valence-electron chi connectivity index (χ0n) is 18.6. The summed E-state index contributed by atoms with van der Waals surface area (Å²) in [4.78, 5) is 13.5. The summed E-state index contributed by atoms with van der Waals surface area (Å²) < 4.78 is 31.5. The van der Waals surface area contributed by atoms with Crippen LogP contribution in [0.2, 0.25) is 0 Å². The number of aryl methyl sites for hydroxylation is 1. The number of hydrogen-bond donors (Lipinski definition) is 1. The van der Waals surface area contributed by atoms with Gasteiger partial charge in [-0.05, 0) is 55.1 Å². The molecule has 0 atom stereocenters. The minimum atomic E-state index is -0.276. The van der Waals surface area contributed by atoms with E-state index in [1.54, 1.807) is 22.9 Å². The van der Waals surface area contributed by atoms with Crippen molar-refractivity contribution in [2.75, 3.05) is 12.1 Å². The van der Waals surface area contributed by atoms with Crippen LogP contribution in [0, 0.1) is 19.7 Å². The first-order chi connectivity index (χ1) is 16.5. The van der Waals surface area contributed by atoms with E-state index in [0.717, 1.165) is 22.5 Å². The van der Waals surface area contributed by atoms with Gasteiger partial charge in [0.05, 0.1) is 28.5 Å². The number of benzene rings is 2. The van der Waals surface area contributed by atoms with Crippen molar-refractivity contribution in [3.63, 3.8) is 0 Å². The second-order valence-corrected chi connectivity index (χ2v) is 8.82. The highest BCUT2D eigenvalue weighted by Crippen LogP contribution is 2.35. The lowest BCUT2D eigenvalue weighted by Crippen LogP contribution is -2.12. The highest BCUT2D eigenvalue weighted by atomic mass is 32.1. The normalized spacial score (nSPS) is 12.1. The fourth-order valence-electron chi connectivity index (χ4n) is 3.67. The number of thiophene rings is 1. The van der Waals surface area contributed by atoms with Crippen LogP contribution >= 0.6 is 11.3 Å². The van der Waals surface area contributed by atoms with Crippen molar-refractivity contribution in [1.82, 2.24) is 9.78 Å². The number of anilines is 1. The van der Waals surface area contributed by atoms with Crippen LogP contribution in [0.4, 0.5) is 10.1 Å². The van der Waals surface area contributed by atoms with Crippen molar-refractivity contribution in [2.45, 2.75) is 27.0 Å². The molecule has 7 nitrogen and oxygen atoms in total. The number of carbonyl (C=O) groups is 1. The van der Waals surface area contributed by atoms with Gasteiger partial charge in [0.2, 0.25) is 6.79 Å². The number of aromatic nitrogens is 2. The van der Waals surface area contributed by atoms with E-state index in [2.05, 4.69) is 10.4 Å². The van der Waals surface area contributed by atoms with E-state index in [9.17, 15) is 9.18 Å². The number of nitrogens with one attached hydrogen (secondary N) is 1. The molecule has 2 aromatic carbocycles. The summed E-state index contributed by atoms with van der Waals surface area (Å²) >= 11 is 1.36. The molecule has 0 saturated heterocycles. The highest BCUT2D eigenvalue weighted by Gasteiger charge is 2.18. The van der Waals surface area contributed by atoms with Crippen molar-refractivity contribution >= 4 is 22.9 Å². The Morgan fingerprint density at radius 1 is 1.12 bits per heavy atom. The molecule has 9 heteroatoms. The van der Waals surface area contributed by atoms with Crippen molar-refractivity contribution in [3.05, 3.63) is 87.1 Å². The zero-order chi connectivity index (χ0) is 23.7. The monoisotopic (exact) mass is 479 g/mol. The largest absolute Gasteiger partial charge is 0.489 e. The number of fused-ring (bicyclic) bond motifs is 1. The average molecular weight is 480 g/mol. The smallest absolute Gasteiger partial charge is 0.265 e. The number of carbonyl (C=O) groups excluding carboxylic acids is 1. The first kappa shape index (κ1) is 22.0. The van der Waals surface area contributed by atoms with Crippen LogP contribution in [0.3, 0.4) is 0 Å². The van der Waals surface area contributed by atoms with Crippen LogP contribution in [0.5, 0.6) is 17.2 Å². The molecule has 1 amide bonds. The van der Waals surface area contributed by atoms with Gasteiger partial charge in [-0.3, -0.25) is 9.48 Å². The molecule has 0 aliphatic carbocycles. The van der Waals surface area contributed by atoms with Gasteiger partial charge in [-0.1, -0.05) is 12.1 Å². The Balaban J connectivity index is 1.22. The molecule has 1 aliphatic heterocycles. The molecule has 2 aromatic heterocycles. The summed E-state index contributed by atoms with van der Waals surface area (Å²) in [6.45, 7) is 4.78. The van der Waals surface area contributed by atoms with E-state index < -0.39 is 0 Å². The fraction of sp³-hybridized carbons (Fsp3) is 0.200. The number of amides is 1. The fourth-order valence-corrected chi connectivity index (χ4v) is 4.47. The molecule has 0 fully saturated rings. The molecule has 34 heavy (non-hydrogen) atoms. The third kappa shape index (κ3) is 4.60. The molecule has 0 radical (unpaired) electrons. The molecule has 4 aromatic rings. The molecule has 0 unspecified atom stereocenters.